The fourth-order valence-corrected chi connectivity index (χ4v) is 4.75. The van der Waals surface area contributed by atoms with Gasteiger partial charge in [-0.15, -0.1) is 46.4 Å². The molecule has 0 aromatic heterocycles. The van der Waals surface area contributed by atoms with E-state index in [0.717, 1.165) is 0 Å². The second-order valence-corrected chi connectivity index (χ2v) is 9.30. The van der Waals surface area contributed by atoms with Crippen molar-refractivity contribution in [1.29, 1.82) is 0 Å². The molecule has 0 radical (unpaired) electrons. The first kappa shape index (κ1) is 28.1. The Morgan fingerprint density at radius 3 is 0.889 bits per heavy atom. The predicted molar refractivity (Wildman–Crippen MR) is 139 cm³/mol. The number of carbonyl (C=O) groups excluding carboxylic acids is 4. The maximum atomic E-state index is 12.7. The third-order valence-corrected chi connectivity index (χ3v) is 6.92. The molecule has 1 aliphatic rings. The maximum absolute atomic E-state index is 12.7. The topological polar surface area (TPSA) is 116 Å². The lowest BCUT2D eigenvalue weighted by molar-refractivity contribution is -0.140. The Bertz CT molecular complexity index is 967. The molecule has 8 nitrogen and oxygen atoms in total. The highest BCUT2D eigenvalue weighted by Gasteiger charge is 2.26. The largest absolute Gasteiger partial charge is 0.340 e. The summed E-state index contributed by atoms with van der Waals surface area (Å²) in [6, 6.07) is 10.8. The van der Waals surface area contributed by atoms with Gasteiger partial charge in [-0.3, -0.25) is 19.2 Å². The van der Waals surface area contributed by atoms with Crippen LogP contribution < -0.4 is 21.3 Å². The molecule has 4 bridgehead atoms. The van der Waals surface area contributed by atoms with Gasteiger partial charge >= 0.3 is 23.6 Å². The number of hydrogen-bond donors (Lipinski definition) is 4. The Labute approximate surface area is 228 Å². The molecule has 0 fully saturated rings. The molecule has 12 heteroatoms. The highest BCUT2D eigenvalue weighted by atomic mass is 35.5. The quantitative estimate of drug-likeness (QED) is 0.332. The van der Waals surface area contributed by atoms with Gasteiger partial charge in [-0.05, 0) is 22.3 Å². The van der Waals surface area contributed by atoms with Crippen LogP contribution in [0.2, 0.25) is 0 Å². The van der Waals surface area contributed by atoms with Crippen molar-refractivity contribution in [2.45, 2.75) is 24.2 Å². The lowest BCUT2D eigenvalue weighted by atomic mass is 10.00. The van der Waals surface area contributed by atoms with Crippen LogP contribution in [0.15, 0.2) is 48.5 Å². The molecule has 4 amide bonds. The van der Waals surface area contributed by atoms with Crippen LogP contribution in [-0.4, -0.2) is 47.1 Å². The van der Waals surface area contributed by atoms with Gasteiger partial charge in [-0.2, -0.15) is 0 Å². The minimum atomic E-state index is -0.883. The molecule has 4 atom stereocenters. The number of hydrogen-bond acceptors (Lipinski definition) is 4. The molecule has 1 heterocycles. The minimum Gasteiger partial charge on any atom is -0.340 e. The van der Waals surface area contributed by atoms with Gasteiger partial charge in [0.25, 0.3) is 0 Å². The fourth-order valence-electron chi connectivity index (χ4n) is 3.72. The zero-order valence-corrected chi connectivity index (χ0v) is 21.9. The summed E-state index contributed by atoms with van der Waals surface area (Å²) in [5, 5.41) is 10.5. The highest BCUT2D eigenvalue weighted by molar-refractivity contribution is 6.36. The number of carbonyl (C=O) groups is 4. The third-order valence-electron chi connectivity index (χ3n) is 5.68. The number of halogens is 4. The van der Waals surface area contributed by atoms with Gasteiger partial charge in [0.1, 0.15) is 0 Å². The molecule has 2 aromatic carbocycles. The summed E-state index contributed by atoms with van der Waals surface area (Å²) in [5.41, 5.74) is 2.34. The van der Waals surface area contributed by atoms with Crippen molar-refractivity contribution in [2.75, 3.05) is 23.5 Å². The Morgan fingerprint density at radius 1 is 0.472 bits per heavy atom. The summed E-state index contributed by atoms with van der Waals surface area (Å²) < 4.78 is 0. The predicted octanol–water partition coefficient (Wildman–Crippen LogP) is 2.98. The maximum Gasteiger partial charge on any atom is 0.309 e. The van der Waals surface area contributed by atoms with E-state index in [4.69, 9.17) is 46.4 Å². The number of alkyl halides is 4. The molecule has 4 unspecified atom stereocenters. The van der Waals surface area contributed by atoms with Crippen LogP contribution >= 0.6 is 46.4 Å². The summed E-state index contributed by atoms with van der Waals surface area (Å²) in [4.78, 5) is 50.8. The Morgan fingerprint density at radius 2 is 0.694 bits per heavy atom. The average Bonchev–Trinajstić information content (AvgIpc) is 2.90. The molecular formula is C24H24Cl4N4O4. The van der Waals surface area contributed by atoms with Gasteiger partial charge in [-0.1, -0.05) is 48.5 Å². The van der Waals surface area contributed by atoms with Crippen molar-refractivity contribution in [3.8, 4) is 0 Å². The Hall–Kier alpha value is -2.52. The summed E-state index contributed by atoms with van der Waals surface area (Å²) in [5.74, 6) is -3.63. The van der Waals surface area contributed by atoms with Gasteiger partial charge < -0.3 is 21.3 Å². The number of rotatable bonds is 4. The standard InChI is InChI=1S/C24H24Cl4N4O4/c25-9-17-13-3-1-4-14(7-13)18(10-26)30-22(34)24(36)32-20(12-28)16-6-2-5-15(8-16)19(11-27)31-23(35)21(33)29-17/h1-8,17-20H,9-12H2,(H,29,33)(H,30,34)(H,31,35)(H,32,36). The van der Waals surface area contributed by atoms with E-state index in [9.17, 15) is 19.2 Å². The van der Waals surface area contributed by atoms with Crippen LogP contribution in [0.5, 0.6) is 0 Å². The van der Waals surface area contributed by atoms with E-state index in [-0.39, 0.29) is 23.5 Å². The molecule has 1 aliphatic heterocycles. The smallest absolute Gasteiger partial charge is 0.309 e. The zero-order valence-electron chi connectivity index (χ0n) is 18.9. The van der Waals surface area contributed by atoms with Gasteiger partial charge in [0.05, 0.1) is 24.2 Å². The second-order valence-electron chi connectivity index (χ2n) is 8.06. The van der Waals surface area contributed by atoms with Crippen molar-refractivity contribution in [1.82, 2.24) is 21.3 Å². The van der Waals surface area contributed by atoms with E-state index in [1.807, 2.05) is 0 Å². The van der Waals surface area contributed by atoms with E-state index in [2.05, 4.69) is 21.3 Å². The van der Waals surface area contributed by atoms with E-state index < -0.39 is 47.8 Å². The van der Waals surface area contributed by atoms with Crippen molar-refractivity contribution in [3.05, 3.63) is 70.8 Å². The lowest BCUT2D eigenvalue weighted by Crippen LogP contribution is -2.44. The fraction of sp³-hybridized carbons (Fsp3) is 0.333. The van der Waals surface area contributed by atoms with E-state index in [0.29, 0.717) is 22.3 Å². The summed E-state index contributed by atoms with van der Waals surface area (Å²) in [7, 11) is 0. The Balaban J connectivity index is 2.03. The molecule has 192 valence electrons. The number of fused-ring (bicyclic) bond motifs is 4. The van der Waals surface area contributed by atoms with Crippen molar-refractivity contribution < 1.29 is 19.2 Å². The van der Waals surface area contributed by atoms with Crippen LogP contribution in [0, 0.1) is 0 Å². The molecule has 4 N–H and O–H groups in total. The first-order valence-corrected chi connectivity index (χ1v) is 13.1. The number of amides is 4. The SMILES string of the molecule is O=C1NC(CCl)c2cccc(c2)C(CCl)NC(=O)C(=O)NC(CCl)c2cccc(c2)C(CCl)NC1=O. The van der Waals surface area contributed by atoms with Crippen molar-refractivity contribution >= 4 is 70.0 Å². The molecular weight excluding hydrogens is 550 g/mol. The third kappa shape index (κ3) is 6.82. The average molecular weight is 574 g/mol. The number of benzene rings is 2. The van der Waals surface area contributed by atoms with Crippen LogP contribution in [0.25, 0.3) is 0 Å². The van der Waals surface area contributed by atoms with Crippen molar-refractivity contribution in [3.63, 3.8) is 0 Å². The first-order valence-electron chi connectivity index (χ1n) is 11.0. The summed E-state index contributed by atoms with van der Waals surface area (Å²) >= 11 is 24.4. The van der Waals surface area contributed by atoms with E-state index in [1.54, 1.807) is 48.5 Å². The first-order chi connectivity index (χ1) is 17.3. The minimum absolute atomic E-state index is 0.0242. The van der Waals surface area contributed by atoms with Gasteiger partial charge in [0.2, 0.25) is 0 Å². The molecule has 2 aromatic rings. The normalized spacial score (nSPS) is 23.4. The summed E-state index contributed by atoms with van der Waals surface area (Å²) in [6.45, 7) is 0. The summed E-state index contributed by atoms with van der Waals surface area (Å²) in [6.07, 6.45) is 0. The zero-order chi connectivity index (χ0) is 26.2. The van der Waals surface area contributed by atoms with Gasteiger partial charge in [-0.25, -0.2) is 0 Å². The molecule has 0 saturated heterocycles. The molecule has 0 spiro atoms. The van der Waals surface area contributed by atoms with Crippen LogP contribution in [0.3, 0.4) is 0 Å². The van der Waals surface area contributed by atoms with Crippen LogP contribution in [0.4, 0.5) is 0 Å². The Kier molecular flexibility index (Phi) is 10.2. The van der Waals surface area contributed by atoms with Crippen LogP contribution in [-0.2, 0) is 19.2 Å². The highest BCUT2D eigenvalue weighted by Crippen LogP contribution is 2.24. The monoisotopic (exact) mass is 572 g/mol. The lowest BCUT2D eigenvalue weighted by Gasteiger charge is -2.23. The molecule has 0 saturated carbocycles. The van der Waals surface area contributed by atoms with E-state index >= 15 is 0 Å². The number of nitrogens with one attached hydrogen (secondary N) is 4. The van der Waals surface area contributed by atoms with Gasteiger partial charge in [0.15, 0.2) is 0 Å². The van der Waals surface area contributed by atoms with Gasteiger partial charge in [0, 0.05) is 23.5 Å². The molecule has 0 aliphatic carbocycles. The van der Waals surface area contributed by atoms with Crippen LogP contribution in [0.1, 0.15) is 46.4 Å². The van der Waals surface area contributed by atoms with Crippen molar-refractivity contribution in [2.24, 2.45) is 0 Å². The molecule has 36 heavy (non-hydrogen) atoms. The van der Waals surface area contributed by atoms with E-state index in [1.165, 1.54) is 0 Å². The second kappa shape index (κ2) is 13.1. The molecule has 3 rings (SSSR count).